The van der Waals surface area contributed by atoms with Crippen LogP contribution in [-0.2, 0) is 13.0 Å². The number of fused-ring (bicyclic) bond motifs is 1. The maximum atomic E-state index is 8.60. The Morgan fingerprint density at radius 3 is 2.92 bits per heavy atom. The van der Waals surface area contributed by atoms with Crippen LogP contribution in [0.4, 0.5) is 0 Å². The van der Waals surface area contributed by atoms with Crippen molar-refractivity contribution in [3.8, 4) is 6.19 Å². The van der Waals surface area contributed by atoms with Gasteiger partial charge < -0.3 is 9.32 Å². The third kappa shape index (κ3) is 5.29. The second kappa shape index (κ2) is 9.36. The fourth-order valence-electron chi connectivity index (χ4n) is 2.58. The monoisotopic (exact) mass is 344 g/mol. The fourth-order valence-corrected chi connectivity index (χ4v) is 2.95. The van der Waals surface area contributed by atoms with Gasteiger partial charge in [0.2, 0.25) is 0 Å². The molecule has 6 heteroatoms. The van der Waals surface area contributed by atoms with E-state index in [0.717, 1.165) is 43.5 Å². The standard InChI is InChI=1S/C18H24N4OS/c1-22(2)11-14-7-8-15-12-23-17(16(15)10-14)6-4-5-9-20-18(24-3)21-13-19/h7-8,10,12H,4-6,9,11H2,1-3H3,(H,20,21). The lowest BCUT2D eigenvalue weighted by Crippen LogP contribution is -2.13. The number of rotatable bonds is 7. The molecule has 0 bridgehead atoms. The minimum absolute atomic E-state index is 0.675. The van der Waals surface area contributed by atoms with Crippen LogP contribution in [0, 0.1) is 11.5 Å². The van der Waals surface area contributed by atoms with Crippen LogP contribution in [0.15, 0.2) is 33.9 Å². The number of nitrogens with zero attached hydrogens (tertiary/aromatic N) is 3. The summed E-state index contributed by atoms with van der Waals surface area (Å²) in [6, 6.07) is 6.52. The average molecular weight is 344 g/mol. The van der Waals surface area contributed by atoms with Crippen LogP contribution in [0.1, 0.15) is 24.2 Å². The molecule has 1 N–H and O–H groups in total. The van der Waals surface area contributed by atoms with Gasteiger partial charge in [-0.2, -0.15) is 5.26 Å². The molecule has 1 aromatic carbocycles. The Morgan fingerprint density at radius 2 is 2.21 bits per heavy atom. The topological polar surface area (TPSA) is 64.6 Å². The number of hydrogen-bond acceptors (Lipinski definition) is 5. The van der Waals surface area contributed by atoms with Crippen LogP contribution in [0.2, 0.25) is 0 Å². The van der Waals surface area contributed by atoms with Crippen LogP contribution in [0.3, 0.4) is 0 Å². The lowest BCUT2D eigenvalue weighted by Gasteiger charge is -2.09. The van der Waals surface area contributed by atoms with Gasteiger partial charge in [-0.25, -0.2) is 0 Å². The first-order valence-corrected chi connectivity index (χ1v) is 9.23. The quantitative estimate of drug-likeness (QED) is 0.273. The number of unbranched alkanes of at least 4 members (excludes halogenated alkanes) is 1. The van der Waals surface area contributed by atoms with E-state index in [-0.39, 0.29) is 0 Å². The SMILES string of the molecule is CSC(=NCCCCc1occ2ccc(CN(C)C)cc12)NC#N. The number of aryl methyl sites for hydroxylation is 1. The van der Waals surface area contributed by atoms with Gasteiger partial charge in [0.25, 0.3) is 0 Å². The van der Waals surface area contributed by atoms with E-state index in [9.17, 15) is 0 Å². The average Bonchev–Trinajstić information content (AvgIpc) is 2.95. The van der Waals surface area contributed by atoms with E-state index >= 15 is 0 Å². The van der Waals surface area contributed by atoms with Gasteiger partial charge in [-0.15, -0.1) is 0 Å². The normalized spacial score (nSPS) is 11.9. The number of furan rings is 1. The molecule has 0 aliphatic rings. The molecule has 5 nitrogen and oxygen atoms in total. The summed E-state index contributed by atoms with van der Waals surface area (Å²) in [5, 5.41) is 14.2. The first-order valence-electron chi connectivity index (χ1n) is 8.01. The summed E-state index contributed by atoms with van der Waals surface area (Å²) in [7, 11) is 4.15. The van der Waals surface area contributed by atoms with Gasteiger partial charge in [-0.1, -0.05) is 23.9 Å². The zero-order valence-corrected chi connectivity index (χ0v) is 15.3. The van der Waals surface area contributed by atoms with Crippen molar-refractivity contribution in [1.82, 2.24) is 10.2 Å². The number of amidine groups is 1. The van der Waals surface area contributed by atoms with Crippen LogP contribution in [0.5, 0.6) is 0 Å². The Labute approximate surface area is 147 Å². The summed E-state index contributed by atoms with van der Waals surface area (Å²) in [6.45, 7) is 1.65. The Balaban J connectivity index is 1.92. The zero-order valence-electron chi connectivity index (χ0n) is 14.5. The smallest absolute Gasteiger partial charge is 0.183 e. The second-order valence-electron chi connectivity index (χ2n) is 5.90. The molecule has 2 aromatic rings. The van der Waals surface area contributed by atoms with Gasteiger partial charge in [0.15, 0.2) is 11.4 Å². The van der Waals surface area contributed by atoms with E-state index < -0.39 is 0 Å². The summed E-state index contributed by atoms with van der Waals surface area (Å²) in [6.07, 6.45) is 8.53. The van der Waals surface area contributed by atoms with Crippen molar-refractivity contribution < 1.29 is 4.42 Å². The van der Waals surface area contributed by atoms with Crippen LogP contribution in [-0.4, -0.2) is 37.0 Å². The van der Waals surface area contributed by atoms with Crippen molar-refractivity contribution in [3.05, 3.63) is 35.8 Å². The molecule has 0 fully saturated rings. The van der Waals surface area contributed by atoms with Crippen molar-refractivity contribution in [2.45, 2.75) is 25.8 Å². The molecule has 0 aliphatic heterocycles. The molecule has 128 valence electrons. The number of nitriles is 1. The van der Waals surface area contributed by atoms with Gasteiger partial charge in [-0.3, -0.25) is 10.3 Å². The van der Waals surface area contributed by atoms with E-state index in [4.69, 9.17) is 9.68 Å². The van der Waals surface area contributed by atoms with Gasteiger partial charge in [0.1, 0.15) is 5.76 Å². The van der Waals surface area contributed by atoms with E-state index in [2.05, 4.69) is 47.5 Å². The highest BCUT2D eigenvalue weighted by Gasteiger charge is 2.07. The van der Waals surface area contributed by atoms with Crippen molar-refractivity contribution in [1.29, 1.82) is 5.26 Å². The Bertz CT molecular complexity index is 730. The van der Waals surface area contributed by atoms with Crippen LogP contribution >= 0.6 is 11.8 Å². The molecule has 0 saturated carbocycles. The Kier molecular flexibility index (Phi) is 7.16. The number of hydrogen-bond donors (Lipinski definition) is 1. The molecule has 0 spiro atoms. The van der Waals surface area contributed by atoms with Gasteiger partial charge in [-0.05, 0) is 44.8 Å². The lowest BCUT2D eigenvalue weighted by molar-refractivity contribution is 0.402. The minimum Gasteiger partial charge on any atom is -0.468 e. The summed E-state index contributed by atoms with van der Waals surface area (Å²) in [5.74, 6) is 1.05. The highest BCUT2D eigenvalue weighted by molar-refractivity contribution is 8.13. The molecule has 0 unspecified atom stereocenters. The van der Waals surface area contributed by atoms with E-state index in [0.29, 0.717) is 5.17 Å². The summed E-state index contributed by atoms with van der Waals surface area (Å²) < 4.78 is 5.75. The van der Waals surface area contributed by atoms with Crippen molar-refractivity contribution in [2.24, 2.45) is 4.99 Å². The molecule has 0 saturated heterocycles. The van der Waals surface area contributed by atoms with Gasteiger partial charge in [0, 0.05) is 30.3 Å². The van der Waals surface area contributed by atoms with E-state index in [1.54, 1.807) is 0 Å². The maximum absolute atomic E-state index is 8.60. The van der Waals surface area contributed by atoms with Crippen molar-refractivity contribution in [3.63, 3.8) is 0 Å². The largest absolute Gasteiger partial charge is 0.468 e. The summed E-state index contributed by atoms with van der Waals surface area (Å²) >= 11 is 1.45. The van der Waals surface area contributed by atoms with E-state index in [1.807, 2.05) is 18.7 Å². The van der Waals surface area contributed by atoms with Crippen molar-refractivity contribution in [2.75, 3.05) is 26.9 Å². The molecule has 1 heterocycles. The molecular weight excluding hydrogens is 320 g/mol. The number of thioether (sulfide) groups is 1. The predicted octanol–water partition coefficient (Wildman–Crippen LogP) is 3.61. The number of aliphatic imine (C=N–C) groups is 1. The summed E-state index contributed by atoms with van der Waals surface area (Å²) in [5.41, 5.74) is 1.30. The van der Waals surface area contributed by atoms with E-state index in [1.165, 1.54) is 22.7 Å². The number of benzene rings is 1. The fraction of sp³-hybridized carbons (Fsp3) is 0.444. The van der Waals surface area contributed by atoms with Crippen molar-refractivity contribution >= 4 is 27.7 Å². The first kappa shape index (κ1) is 18.4. The minimum atomic E-state index is 0.675. The molecule has 0 atom stereocenters. The first-order chi connectivity index (χ1) is 11.6. The third-order valence-corrected chi connectivity index (χ3v) is 4.29. The highest BCUT2D eigenvalue weighted by atomic mass is 32.2. The molecule has 24 heavy (non-hydrogen) atoms. The molecular formula is C18H24N4OS. The zero-order chi connectivity index (χ0) is 17.4. The Hall–Kier alpha value is -1.97. The van der Waals surface area contributed by atoms with Crippen LogP contribution < -0.4 is 5.32 Å². The maximum Gasteiger partial charge on any atom is 0.183 e. The predicted molar refractivity (Wildman–Crippen MR) is 101 cm³/mol. The molecule has 0 aliphatic carbocycles. The third-order valence-electron chi connectivity index (χ3n) is 3.67. The molecule has 0 amide bonds. The second-order valence-corrected chi connectivity index (χ2v) is 6.70. The lowest BCUT2D eigenvalue weighted by atomic mass is 10.1. The molecule has 2 rings (SSSR count). The van der Waals surface area contributed by atoms with Crippen LogP contribution in [0.25, 0.3) is 10.8 Å². The van der Waals surface area contributed by atoms with Gasteiger partial charge >= 0.3 is 0 Å². The molecule has 0 radical (unpaired) electrons. The van der Waals surface area contributed by atoms with Gasteiger partial charge in [0.05, 0.1) is 6.26 Å². The Morgan fingerprint density at radius 1 is 1.38 bits per heavy atom. The molecule has 1 aromatic heterocycles. The summed E-state index contributed by atoms with van der Waals surface area (Å²) in [4.78, 5) is 6.53. The highest BCUT2D eigenvalue weighted by Crippen LogP contribution is 2.24. The number of nitrogens with one attached hydrogen (secondary N) is 1.